The average molecular weight is 359 g/mol. The van der Waals surface area contributed by atoms with Gasteiger partial charge in [0.15, 0.2) is 11.5 Å². The van der Waals surface area contributed by atoms with E-state index in [0.29, 0.717) is 30.0 Å². The highest BCUT2D eigenvalue weighted by Crippen LogP contribution is 2.38. The second-order valence-corrected chi connectivity index (χ2v) is 7.02. The van der Waals surface area contributed by atoms with Gasteiger partial charge < -0.3 is 14.8 Å². The van der Waals surface area contributed by atoms with Gasteiger partial charge in [-0.15, -0.1) is 12.4 Å². The van der Waals surface area contributed by atoms with Crippen LogP contribution >= 0.6 is 24.0 Å². The summed E-state index contributed by atoms with van der Waals surface area (Å²) in [5.74, 6) is 1.51. The Morgan fingerprint density at radius 3 is 2.87 bits per heavy atom. The zero-order valence-electron chi connectivity index (χ0n) is 13.2. The van der Waals surface area contributed by atoms with Crippen LogP contribution in [0.1, 0.15) is 31.2 Å². The largest absolute Gasteiger partial charge is 0.489 e. The number of benzene rings is 1. The van der Waals surface area contributed by atoms with Gasteiger partial charge in [-0.3, -0.25) is 4.90 Å². The Hall–Kier alpha value is -0.680. The van der Waals surface area contributed by atoms with Crippen LogP contribution < -0.4 is 14.8 Å². The molecule has 1 N–H and O–H groups in total. The van der Waals surface area contributed by atoms with Crippen LogP contribution in [0.15, 0.2) is 12.1 Å². The minimum Gasteiger partial charge on any atom is -0.489 e. The van der Waals surface area contributed by atoms with E-state index in [0.717, 1.165) is 37.8 Å². The van der Waals surface area contributed by atoms with Crippen molar-refractivity contribution in [2.24, 2.45) is 0 Å². The summed E-state index contributed by atoms with van der Waals surface area (Å²) >= 11 is 6.40. The average Bonchev–Trinajstić information content (AvgIpc) is 2.69. The van der Waals surface area contributed by atoms with Gasteiger partial charge in [-0.25, -0.2) is 0 Å². The summed E-state index contributed by atoms with van der Waals surface area (Å²) in [6.45, 7) is 4.58. The molecule has 2 unspecified atom stereocenters. The first-order valence-electron chi connectivity index (χ1n) is 8.34. The molecule has 4 nitrogen and oxygen atoms in total. The number of fused-ring (bicyclic) bond motifs is 3. The van der Waals surface area contributed by atoms with E-state index >= 15 is 0 Å². The molecule has 1 aromatic rings. The van der Waals surface area contributed by atoms with Crippen molar-refractivity contribution in [3.05, 3.63) is 22.7 Å². The van der Waals surface area contributed by atoms with E-state index in [1.165, 1.54) is 24.8 Å². The topological polar surface area (TPSA) is 33.7 Å². The van der Waals surface area contributed by atoms with Gasteiger partial charge in [-0.05, 0) is 37.0 Å². The Morgan fingerprint density at radius 2 is 1.96 bits per heavy atom. The molecule has 0 aliphatic carbocycles. The molecule has 0 saturated carbocycles. The van der Waals surface area contributed by atoms with E-state index in [9.17, 15) is 0 Å². The molecule has 3 heterocycles. The number of nitrogens with one attached hydrogen (secondary N) is 1. The SMILES string of the molecule is Cl.Clc1cc(CN2CCC3CCC(C2)N3)cc2c1OCCCO2. The molecule has 23 heavy (non-hydrogen) atoms. The molecule has 6 heteroatoms. The summed E-state index contributed by atoms with van der Waals surface area (Å²) in [5.41, 5.74) is 1.21. The van der Waals surface area contributed by atoms with E-state index < -0.39 is 0 Å². The minimum absolute atomic E-state index is 0. The first-order chi connectivity index (χ1) is 10.8. The van der Waals surface area contributed by atoms with Crippen molar-refractivity contribution in [3.8, 4) is 11.5 Å². The van der Waals surface area contributed by atoms with Crippen molar-refractivity contribution < 1.29 is 9.47 Å². The van der Waals surface area contributed by atoms with Crippen LogP contribution in [-0.4, -0.2) is 43.3 Å². The third-order valence-electron chi connectivity index (χ3n) is 4.88. The zero-order valence-corrected chi connectivity index (χ0v) is 14.8. The maximum absolute atomic E-state index is 6.40. The van der Waals surface area contributed by atoms with E-state index in [2.05, 4.69) is 16.3 Å². The normalized spacial score (nSPS) is 27.0. The Kier molecular flexibility index (Phi) is 5.57. The number of hydrogen-bond donors (Lipinski definition) is 1. The van der Waals surface area contributed by atoms with Crippen LogP contribution in [-0.2, 0) is 6.54 Å². The Labute approximate surface area is 148 Å². The number of halogens is 2. The van der Waals surface area contributed by atoms with Crippen LogP contribution in [0.2, 0.25) is 5.02 Å². The number of ether oxygens (including phenoxy) is 2. The van der Waals surface area contributed by atoms with Gasteiger partial charge >= 0.3 is 0 Å². The molecule has 2 bridgehead atoms. The Morgan fingerprint density at radius 1 is 1.13 bits per heavy atom. The third-order valence-corrected chi connectivity index (χ3v) is 5.16. The van der Waals surface area contributed by atoms with Crippen molar-refractivity contribution in [3.63, 3.8) is 0 Å². The summed E-state index contributed by atoms with van der Waals surface area (Å²) in [6.07, 6.45) is 4.80. The van der Waals surface area contributed by atoms with Crippen LogP contribution in [0.3, 0.4) is 0 Å². The molecule has 2 fully saturated rings. The van der Waals surface area contributed by atoms with Crippen molar-refractivity contribution in [1.29, 1.82) is 0 Å². The van der Waals surface area contributed by atoms with Gasteiger partial charge in [0.05, 0.1) is 18.2 Å². The molecule has 0 aromatic heterocycles. The van der Waals surface area contributed by atoms with Gasteiger partial charge in [0.2, 0.25) is 0 Å². The van der Waals surface area contributed by atoms with Crippen LogP contribution in [0.5, 0.6) is 11.5 Å². The van der Waals surface area contributed by atoms with Crippen molar-refractivity contribution in [2.45, 2.75) is 44.3 Å². The fraction of sp³-hybridized carbons (Fsp3) is 0.647. The predicted octanol–water partition coefficient (Wildman–Crippen LogP) is 3.25. The molecule has 3 aliphatic heterocycles. The summed E-state index contributed by atoms with van der Waals surface area (Å²) in [4.78, 5) is 2.53. The Balaban J connectivity index is 0.00000156. The lowest BCUT2D eigenvalue weighted by molar-refractivity contribution is 0.250. The zero-order chi connectivity index (χ0) is 14.9. The van der Waals surface area contributed by atoms with E-state index in [1.807, 2.05) is 6.07 Å². The smallest absolute Gasteiger partial charge is 0.179 e. The lowest BCUT2D eigenvalue weighted by Gasteiger charge is -2.24. The monoisotopic (exact) mass is 358 g/mol. The van der Waals surface area contributed by atoms with Crippen LogP contribution in [0, 0.1) is 0 Å². The van der Waals surface area contributed by atoms with E-state index in [1.54, 1.807) is 0 Å². The van der Waals surface area contributed by atoms with Crippen LogP contribution in [0.4, 0.5) is 0 Å². The molecule has 1 aromatic carbocycles. The Bertz CT molecular complexity index is 556. The number of rotatable bonds is 2. The number of nitrogens with zero attached hydrogens (tertiary/aromatic N) is 1. The molecule has 128 valence electrons. The van der Waals surface area contributed by atoms with E-state index in [-0.39, 0.29) is 12.4 Å². The predicted molar refractivity (Wildman–Crippen MR) is 94.1 cm³/mol. The lowest BCUT2D eigenvalue weighted by atomic mass is 10.1. The molecular weight excluding hydrogens is 335 g/mol. The molecule has 4 rings (SSSR count). The van der Waals surface area contributed by atoms with Gasteiger partial charge in [0, 0.05) is 38.1 Å². The quantitative estimate of drug-likeness (QED) is 0.879. The first kappa shape index (κ1) is 17.2. The summed E-state index contributed by atoms with van der Waals surface area (Å²) in [5, 5.41) is 4.40. The molecule has 0 spiro atoms. The summed E-state index contributed by atoms with van der Waals surface area (Å²) in [6, 6.07) is 5.51. The van der Waals surface area contributed by atoms with Crippen molar-refractivity contribution in [2.75, 3.05) is 26.3 Å². The lowest BCUT2D eigenvalue weighted by Crippen LogP contribution is -2.34. The third kappa shape index (κ3) is 3.87. The molecule has 0 amide bonds. The highest BCUT2D eigenvalue weighted by Gasteiger charge is 2.29. The molecule has 2 atom stereocenters. The first-order valence-corrected chi connectivity index (χ1v) is 8.72. The van der Waals surface area contributed by atoms with Crippen LogP contribution in [0.25, 0.3) is 0 Å². The van der Waals surface area contributed by atoms with Crippen molar-refractivity contribution in [1.82, 2.24) is 10.2 Å². The van der Waals surface area contributed by atoms with Gasteiger partial charge in [0.25, 0.3) is 0 Å². The summed E-state index contributed by atoms with van der Waals surface area (Å²) < 4.78 is 11.5. The number of hydrogen-bond acceptors (Lipinski definition) is 4. The van der Waals surface area contributed by atoms with E-state index in [4.69, 9.17) is 21.1 Å². The number of likely N-dealkylation sites (tertiary alicyclic amines) is 1. The maximum Gasteiger partial charge on any atom is 0.179 e. The second-order valence-electron chi connectivity index (χ2n) is 6.62. The van der Waals surface area contributed by atoms with Crippen molar-refractivity contribution >= 4 is 24.0 Å². The molecule has 2 saturated heterocycles. The van der Waals surface area contributed by atoms with Gasteiger partial charge in [0.1, 0.15) is 0 Å². The fourth-order valence-electron chi connectivity index (χ4n) is 3.79. The molecular formula is C17H24Cl2N2O2. The summed E-state index contributed by atoms with van der Waals surface area (Å²) in [7, 11) is 0. The highest BCUT2D eigenvalue weighted by molar-refractivity contribution is 6.32. The fourth-order valence-corrected chi connectivity index (χ4v) is 4.08. The molecule has 3 aliphatic rings. The van der Waals surface area contributed by atoms with Gasteiger partial charge in [-0.1, -0.05) is 11.6 Å². The maximum atomic E-state index is 6.40. The standard InChI is InChI=1S/C17H23ClN2O2.ClH/c18-15-8-12(9-16-17(15)22-7-1-6-21-16)10-20-5-4-13-2-3-14(11-20)19-13;/h8-9,13-14,19H,1-7,10-11H2;1H. The van der Waals surface area contributed by atoms with Gasteiger partial charge in [-0.2, -0.15) is 0 Å². The minimum atomic E-state index is 0. The highest BCUT2D eigenvalue weighted by atomic mass is 35.5. The second kappa shape index (κ2) is 7.47. The molecule has 0 radical (unpaired) electrons.